The molecule has 4 aromatic rings. The molecule has 0 saturated heterocycles. The first-order chi connectivity index (χ1) is 18.5. The number of nitrogens with zero attached hydrogens (tertiary/aromatic N) is 1. The van der Waals surface area contributed by atoms with Crippen LogP contribution >= 0.6 is 38.5 Å². The quantitative estimate of drug-likeness (QED) is 0.157. The number of benzene rings is 4. The van der Waals surface area contributed by atoms with Crippen LogP contribution < -0.4 is 10.2 Å². The van der Waals surface area contributed by atoms with Crippen molar-refractivity contribution < 1.29 is 9.53 Å². The van der Waals surface area contributed by atoms with Crippen molar-refractivity contribution in [3.63, 3.8) is 0 Å². The van der Waals surface area contributed by atoms with Gasteiger partial charge in [-0.15, -0.1) is 0 Å². The van der Waals surface area contributed by atoms with Gasteiger partial charge in [0.15, 0.2) is 0 Å². The van der Waals surface area contributed by atoms with Gasteiger partial charge in [0.05, 0.1) is 24.3 Å². The second kappa shape index (κ2) is 12.2. The Labute approximate surface area is 246 Å². The van der Waals surface area contributed by atoms with Gasteiger partial charge in [0.1, 0.15) is 0 Å². The highest BCUT2D eigenvalue weighted by molar-refractivity contribution is 14.1. The first-order valence-corrected chi connectivity index (χ1v) is 14.5. The molecule has 5 rings (SSSR count). The number of nitrogens with one attached hydrogen (secondary N) is 1. The summed E-state index contributed by atoms with van der Waals surface area (Å²) < 4.78 is 7.85. The van der Waals surface area contributed by atoms with E-state index in [1.165, 1.54) is 5.56 Å². The van der Waals surface area contributed by atoms with Crippen LogP contribution in [0.3, 0.4) is 0 Å². The number of hydrogen-bond acceptors (Lipinski definition) is 4. The highest BCUT2D eigenvalue weighted by Crippen LogP contribution is 2.48. The maximum atomic E-state index is 13.8. The summed E-state index contributed by atoms with van der Waals surface area (Å²) in [5.41, 5.74) is 5.69. The third-order valence-corrected chi connectivity index (χ3v) is 7.92. The predicted octanol–water partition coefficient (Wildman–Crippen LogP) is 8.68. The summed E-state index contributed by atoms with van der Waals surface area (Å²) in [4.78, 5) is 16.1. The second-order valence-electron chi connectivity index (χ2n) is 9.07. The summed E-state index contributed by atoms with van der Waals surface area (Å²) in [5.74, 6) is -0.303. The highest BCUT2D eigenvalue weighted by Gasteiger charge is 2.41. The molecule has 6 heteroatoms. The number of rotatable bonds is 7. The molecular weight excluding hydrogens is 651 g/mol. The van der Waals surface area contributed by atoms with Crippen LogP contribution in [-0.2, 0) is 9.53 Å². The highest BCUT2D eigenvalue weighted by atomic mass is 127. The van der Waals surface area contributed by atoms with Crippen LogP contribution in [0.15, 0.2) is 125 Å². The summed E-state index contributed by atoms with van der Waals surface area (Å²) in [7, 11) is 0. The largest absolute Gasteiger partial charge is 0.463 e. The third kappa shape index (κ3) is 5.81. The van der Waals surface area contributed by atoms with E-state index in [1.54, 1.807) is 0 Å². The smallest absolute Gasteiger partial charge is 0.338 e. The number of ether oxygens (including phenoxy) is 1. The molecule has 1 N–H and O–H groups in total. The number of esters is 1. The van der Waals surface area contributed by atoms with Crippen molar-refractivity contribution in [3.05, 3.63) is 140 Å². The van der Waals surface area contributed by atoms with Gasteiger partial charge in [-0.05, 0) is 89.2 Å². The second-order valence-corrected chi connectivity index (χ2v) is 11.2. The summed E-state index contributed by atoms with van der Waals surface area (Å²) in [6, 6.07) is 36.9. The Bertz CT molecular complexity index is 1410. The van der Waals surface area contributed by atoms with Crippen LogP contribution in [0.4, 0.5) is 11.4 Å². The molecule has 0 saturated carbocycles. The van der Waals surface area contributed by atoms with Crippen molar-refractivity contribution in [2.75, 3.05) is 16.8 Å². The molecule has 0 aromatic heterocycles. The third-order valence-electron chi connectivity index (χ3n) is 6.67. The van der Waals surface area contributed by atoms with Gasteiger partial charge in [-0.2, -0.15) is 0 Å². The Morgan fingerprint density at radius 3 is 2.11 bits per heavy atom. The molecule has 38 heavy (non-hydrogen) atoms. The van der Waals surface area contributed by atoms with E-state index in [0.717, 1.165) is 30.7 Å². The standard InChI is InChI=1S/C32H28BrIN2O2/c1-2-38-32(37)30-28(35-26-17-15-25(34)16-18-26)21-29(22-9-5-3-6-10-22)36(27-19-13-24(33)14-20-27)31(30)23-11-7-4-8-12-23/h3-20,29,31,35H,2,21H2,1H3. The van der Waals surface area contributed by atoms with E-state index < -0.39 is 0 Å². The first-order valence-electron chi connectivity index (χ1n) is 12.6. The Kier molecular flexibility index (Phi) is 8.49. The van der Waals surface area contributed by atoms with Gasteiger partial charge >= 0.3 is 5.97 Å². The lowest BCUT2D eigenvalue weighted by Crippen LogP contribution is -2.41. The Morgan fingerprint density at radius 2 is 1.50 bits per heavy atom. The molecule has 1 aliphatic heterocycles. The van der Waals surface area contributed by atoms with E-state index in [-0.39, 0.29) is 18.1 Å². The molecule has 0 spiro atoms. The SMILES string of the molecule is CCOC(=O)C1=C(Nc2ccc(I)cc2)CC(c2ccccc2)N(c2ccc(Br)cc2)C1c1ccccc1. The maximum absolute atomic E-state index is 13.8. The zero-order valence-corrected chi connectivity index (χ0v) is 24.7. The van der Waals surface area contributed by atoms with Crippen LogP contribution in [0, 0.1) is 3.57 Å². The van der Waals surface area contributed by atoms with Crippen molar-refractivity contribution >= 4 is 55.9 Å². The molecule has 0 amide bonds. The summed E-state index contributed by atoms with van der Waals surface area (Å²) in [5, 5.41) is 3.62. The van der Waals surface area contributed by atoms with E-state index in [1.807, 2.05) is 55.5 Å². The average molecular weight is 679 g/mol. The minimum absolute atomic E-state index is 0.0212. The lowest BCUT2D eigenvalue weighted by Gasteiger charge is -2.46. The van der Waals surface area contributed by atoms with Crippen molar-refractivity contribution in [1.82, 2.24) is 0 Å². The van der Waals surface area contributed by atoms with Gasteiger partial charge in [-0.3, -0.25) is 0 Å². The van der Waals surface area contributed by atoms with E-state index >= 15 is 0 Å². The van der Waals surface area contributed by atoms with Crippen molar-refractivity contribution in [1.29, 1.82) is 0 Å². The summed E-state index contributed by atoms with van der Waals surface area (Å²) >= 11 is 5.89. The van der Waals surface area contributed by atoms with E-state index in [2.05, 4.69) is 109 Å². The average Bonchev–Trinajstić information content (AvgIpc) is 2.95. The van der Waals surface area contributed by atoms with E-state index in [0.29, 0.717) is 18.6 Å². The zero-order valence-electron chi connectivity index (χ0n) is 21.0. The maximum Gasteiger partial charge on any atom is 0.338 e. The zero-order chi connectivity index (χ0) is 26.5. The molecule has 0 bridgehead atoms. The molecule has 0 fully saturated rings. The van der Waals surface area contributed by atoms with Crippen LogP contribution in [0.1, 0.15) is 36.6 Å². The lowest BCUT2D eigenvalue weighted by molar-refractivity contribution is -0.139. The summed E-state index contributed by atoms with van der Waals surface area (Å²) in [6.45, 7) is 2.16. The number of carbonyl (C=O) groups is 1. The van der Waals surface area contributed by atoms with E-state index in [4.69, 9.17) is 4.74 Å². The molecule has 1 aliphatic rings. The number of anilines is 2. The normalized spacial score (nSPS) is 17.3. The monoisotopic (exact) mass is 678 g/mol. The van der Waals surface area contributed by atoms with Gasteiger partial charge in [-0.1, -0.05) is 76.6 Å². The van der Waals surface area contributed by atoms with Gasteiger partial charge in [0, 0.05) is 31.5 Å². The predicted molar refractivity (Wildman–Crippen MR) is 166 cm³/mol. The fraction of sp³-hybridized carbons (Fsp3) is 0.156. The number of hydrogen-bond donors (Lipinski definition) is 1. The minimum Gasteiger partial charge on any atom is -0.463 e. The summed E-state index contributed by atoms with van der Waals surface area (Å²) in [6.07, 6.45) is 0.615. The topological polar surface area (TPSA) is 41.6 Å². The van der Waals surface area contributed by atoms with Crippen LogP contribution in [0.25, 0.3) is 0 Å². The lowest BCUT2D eigenvalue weighted by atomic mass is 9.84. The number of carbonyl (C=O) groups excluding carboxylic acids is 1. The van der Waals surface area contributed by atoms with Crippen LogP contribution in [0.5, 0.6) is 0 Å². The van der Waals surface area contributed by atoms with Gasteiger partial charge in [0.2, 0.25) is 0 Å². The van der Waals surface area contributed by atoms with Crippen molar-refractivity contribution in [2.45, 2.75) is 25.4 Å². The van der Waals surface area contributed by atoms with Gasteiger partial charge < -0.3 is 15.0 Å². The molecule has 0 radical (unpaired) electrons. The van der Waals surface area contributed by atoms with Crippen molar-refractivity contribution in [3.8, 4) is 0 Å². The van der Waals surface area contributed by atoms with Crippen LogP contribution in [-0.4, -0.2) is 12.6 Å². The van der Waals surface area contributed by atoms with Crippen LogP contribution in [0.2, 0.25) is 0 Å². The Balaban J connectivity index is 1.76. The molecule has 0 aliphatic carbocycles. The number of halogens is 2. The molecule has 2 unspecified atom stereocenters. The van der Waals surface area contributed by atoms with E-state index in [9.17, 15) is 4.79 Å². The molecule has 192 valence electrons. The molecular formula is C32H28BrIN2O2. The molecule has 2 atom stereocenters. The first kappa shape index (κ1) is 26.5. The fourth-order valence-electron chi connectivity index (χ4n) is 5.01. The Morgan fingerprint density at radius 1 is 0.895 bits per heavy atom. The molecule has 4 nitrogen and oxygen atoms in total. The van der Waals surface area contributed by atoms with Gasteiger partial charge in [-0.25, -0.2) is 4.79 Å². The molecule has 4 aromatic carbocycles. The molecule has 1 heterocycles. The minimum atomic E-state index is -0.360. The van der Waals surface area contributed by atoms with Crippen molar-refractivity contribution in [2.24, 2.45) is 0 Å². The van der Waals surface area contributed by atoms with Gasteiger partial charge in [0.25, 0.3) is 0 Å². The Hall–Kier alpha value is -3.10. The fourth-order valence-corrected chi connectivity index (χ4v) is 5.64.